The first kappa shape index (κ1) is 15.5. The summed E-state index contributed by atoms with van der Waals surface area (Å²) in [6.07, 6.45) is 0.767. The van der Waals surface area contributed by atoms with Crippen LogP contribution >= 0.6 is 0 Å². The van der Waals surface area contributed by atoms with Crippen molar-refractivity contribution in [2.45, 2.75) is 25.5 Å². The van der Waals surface area contributed by atoms with E-state index >= 15 is 0 Å². The van der Waals surface area contributed by atoms with Crippen molar-refractivity contribution in [1.29, 1.82) is 0 Å². The average molecular weight is 322 g/mol. The van der Waals surface area contributed by atoms with E-state index in [4.69, 9.17) is 9.47 Å². The molecule has 23 heavy (non-hydrogen) atoms. The molecule has 2 unspecified atom stereocenters. The molecule has 0 aliphatic carbocycles. The summed E-state index contributed by atoms with van der Waals surface area (Å²) in [6, 6.07) is 2.97. The van der Waals surface area contributed by atoms with E-state index in [-0.39, 0.29) is 23.4 Å². The number of hydrogen-bond donors (Lipinski definition) is 0. The lowest BCUT2D eigenvalue weighted by Crippen LogP contribution is -2.45. The Morgan fingerprint density at radius 2 is 2.26 bits per heavy atom. The second-order valence-electron chi connectivity index (χ2n) is 5.68. The van der Waals surface area contributed by atoms with Crippen molar-refractivity contribution >= 4 is 17.3 Å². The van der Waals surface area contributed by atoms with Crippen LogP contribution < -0.4 is 9.64 Å². The van der Waals surface area contributed by atoms with Crippen molar-refractivity contribution in [1.82, 2.24) is 0 Å². The van der Waals surface area contributed by atoms with Gasteiger partial charge >= 0.3 is 5.97 Å². The number of anilines is 1. The number of methoxy groups -OCH3 is 1. The molecule has 1 saturated heterocycles. The number of nitrogens with zero attached hydrogens (tertiary/aromatic N) is 2. The van der Waals surface area contributed by atoms with Gasteiger partial charge in [-0.3, -0.25) is 10.1 Å². The van der Waals surface area contributed by atoms with Crippen LogP contribution in [0, 0.1) is 10.1 Å². The molecule has 8 heteroatoms. The van der Waals surface area contributed by atoms with Crippen molar-refractivity contribution in [3.05, 3.63) is 27.8 Å². The van der Waals surface area contributed by atoms with Crippen LogP contribution in [-0.2, 0) is 9.47 Å². The maximum Gasteiger partial charge on any atom is 0.344 e. The topological polar surface area (TPSA) is 91.1 Å². The summed E-state index contributed by atoms with van der Waals surface area (Å²) in [5.41, 5.74) is 0.287. The highest BCUT2D eigenvalue weighted by Crippen LogP contribution is 2.40. The molecule has 2 heterocycles. The number of esters is 1. The number of nitro benzene ring substituents is 1. The van der Waals surface area contributed by atoms with E-state index in [1.807, 2.05) is 6.92 Å². The van der Waals surface area contributed by atoms with E-state index < -0.39 is 10.9 Å². The highest BCUT2D eigenvalue weighted by Gasteiger charge is 2.34. The summed E-state index contributed by atoms with van der Waals surface area (Å²) in [6.45, 7) is 3.82. The van der Waals surface area contributed by atoms with Crippen molar-refractivity contribution in [3.63, 3.8) is 0 Å². The van der Waals surface area contributed by atoms with E-state index in [0.717, 1.165) is 6.42 Å². The minimum Gasteiger partial charge on any atom is -0.486 e. The van der Waals surface area contributed by atoms with Crippen LogP contribution in [0.1, 0.15) is 23.7 Å². The molecule has 0 aromatic heterocycles. The molecule has 0 saturated carbocycles. The first-order valence-electron chi connectivity index (χ1n) is 7.43. The highest BCUT2D eigenvalue weighted by atomic mass is 16.6. The molecule has 2 aliphatic rings. The Morgan fingerprint density at radius 3 is 2.87 bits per heavy atom. The molecule has 0 amide bonds. The lowest BCUT2D eigenvalue weighted by atomic mass is 10.1. The fourth-order valence-electron chi connectivity index (χ4n) is 3.04. The Bertz CT molecular complexity index is 641. The molecule has 124 valence electrons. The van der Waals surface area contributed by atoms with Gasteiger partial charge in [-0.2, -0.15) is 0 Å². The predicted molar refractivity (Wildman–Crippen MR) is 81.1 cm³/mol. The zero-order valence-corrected chi connectivity index (χ0v) is 13.0. The Kier molecular flexibility index (Phi) is 4.08. The van der Waals surface area contributed by atoms with Gasteiger partial charge in [0, 0.05) is 6.61 Å². The lowest BCUT2D eigenvalue weighted by Gasteiger charge is -2.38. The van der Waals surface area contributed by atoms with Gasteiger partial charge in [0.15, 0.2) is 0 Å². The summed E-state index contributed by atoms with van der Waals surface area (Å²) < 4.78 is 15.9. The van der Waals surface area contributed by atoms with Gasteiger partial charge in [0.25, 0.3) is 5.69 Å². The summed E-state index contributed by atoms with van der Waals surface area (Å²) in [5.74, 6) is -0.323. The molecule has 1 fully saturated rings. The van der Waals surface area contributed by atoms with Crippen LogP contribution in [0.15, 0.2) is 12.1 Å². The molecule has 2 atom stereocenters. The molecular weight excluding hydrogens is 304 g/mol. The Labute approximate surface area is 133 Å². The Morgan fingerprint density at radius 1 is 1.48 bits per heavy atom. The molecule has 2 aliphatic heterocycles. The van der Waals surface area contributed by atoms with Crippen molar-refractivity contribution < 1.29 is 23.9 Å². The number of hydrogen-bond acceptors (Lipinski definition) is 7. The number of benzene rings is 1. The largest absolute Gasteiger partial charge is 0.486 e. The maximum atomic E-state index is 11.9. The van der Waals surface area contributed by atoms with Gasteiger partial charge in [-0.15, -0.1) is 0 Å². The van der Waals surface area contributed by atoms with Crippen LogP contribution in [0.3, 0.4) is 0 Å². The lowest BCUT2D eigenvalue weighted by molar-refractivity contribution is -0.385. The molecule has 3 rings (SSSR count). The zero-order valence-electron chi connectivity index (χ0n) is 13.0. The maximum absolute atomic E-state index is 11.9. The summed E-state index contributed by atoms with van der Waals surface area (Å²) >= 11 is 0. The number of ether oxygens (including phenoxy) is 3. The van der Waals surface area contributed by atoms with Gasteiger partial charge in [-0.05, 0) is 19.4 Å². The van der Waals surface area contributed by atoms with Crippen LogP contribution in [0.25, 0.3) is 0 Å². The first-order valence-corrected chi connectivity index (χ1v) is 7.43. The SMILES string of the molecule is COC(=O)c1cc2c(cc1[N+](=O)[O-])OC(C)CN2C1CCOC1. The number of nitro groups is 1. The predicted octanol–water partition coefficient (Wildman–Crippen LogP) is 1.76. The first-order chi connectivity index (χ1) is 11.0. The van der Waals surface area contributed by atoms with E-state index in [1.54, 1.807) is 0 Å². The molecule has 0 bridgehead atoms. The quantitative estimate of drug-likeness (QED) is 0.475. The van der Waals surface area contributed by atoms with E-state index in [9.17, 15) is 14.9 Å². The van der Waals surface area contributed by atoms with Gasteiger partial charge in [-0.25, -0.2) is 4.79 Å². The van der Waals surface area contributed by atoms with Crippen molar-refractivity contribution in [3.8, 4) is 5.75 Å². The van der Waals surface area contributed by atoms with Crippen molar-refractivity contribution in [2.24, 2.45) is 0 Å². The van der Waals surface area contributed by atoms with Crippen LogP contribution in [-0.4, -0.2) is 49.9 Å². The number of carbonyl (C=O) groups excluding carboxylic acids is 1. The van der Waals surface area contributed by atoms with Crippen LogP contribution in [0.4, 0.5) is 11.4 Å². The third-order valence-corrected chi connectivity index (χ3v) is 4.12. The number of rotatable bonds is 3. The van der Waals surface area contributed by atoms with E-state index in [1.165, 1.54) is 19.2 Å². The smallest absolute Gasteiger partial charge is 0.344 e. The summed E-state index contributed by atoms with van der Waals surface area (Å²) in [4.78, 5) is 24.7. The van der Waals surface area contributed by atoms with Crippen LogP contribution in [0.5, 0.6) is 5.75 Å². The van der Waals surface area contributed by atoms with Gasteiger partial charge in [0.1, 0.15) is 17.4 Å². The van der Waals surface area contributed by atoms with Gasteiger partial charge in [0.2, 0.25) is 0 Å². The molecule has 0 spiro atoms. The molecular formula is C15H18N2O6. The minimum atomic E-state index is -0.735. The van der Waals surface area contributed by atoms with Crippen molar-refractivity contribution in [2.75, 3.05) is 31.8 Å². The third-order valence-electron chi connectivity index (χ3n) is 4.12. The highest BCUT2D eigenvalue weighted by molar-refractivity contribution is 5.96. The van der Waals surface area contributed by atoms with Crippen LogP contribution in [0.2, 0.25) is 0 Å². The van der Waals surface area contributed by atoms with Gasteiger partial charge < -0.3 is 19.1 Å². The monoisotopic (exact) mass is 322 g/mol. The molecule has 8 nitrogen and oxygen atoms in total. The second-order valence-corrected chi connectivity index (χ2v) is 5.68. The fourth-order valence-corrected chi connectivity index (χ4v) is 3.04. The fraction of sp³-hybridized carbons (Fsp3) is 0.533. The molecule has 0 radical (unpaired) electrons. The third kappa shape index (κ3) is 2.81. The Hall–Kier alpha value is -2.35. The normalized spacial score (nSPS) is 23.1. The Balaban J connectivity index is 2.10. The molecule has 1 aromatic carbocycles. The number of carbonyl (C=O) groups is 1. The summed E-state index contributed by atoms with van der Waals surface area (Å²) in [7, 11) is 1.20. The second kappa shape index (κ2) is 6.04. The number of fused-ring (bicyclic) bond motifs is 1. The zero-order chi connectivity index (χ0) is 16.6. The van der Waals surface area contributed by atoms with E-state index in [2.05, 4.69) is 9.64 Å². The molecule has 0 N–H and O–H groups in total. The van der Waals surface area contributed by atoms with Gasteiger partial charge in [0.05, 0.1) is 43.0 Å². The van der Waals surface area contributed by atoms with Gasteiger partial charge in [-0.1, -0.05) is 0 Å². The summed E-state index contributed by atoms with van der Waals surface area (Å²) in [5, 5.41) is 11.3. The van der Waals surface area contributed by atoms with E-state index in [0.29, 0.717) is 31.2 Å². The minimum absolute atomic E-state index is 0.0710. The molecule has 1 aromatic rings. The average Bonchev–Trinajstić information content (AvgIpc) is 3.06. The standard InChI is InChI=1S/C15H18N2O6/c1-9-7-16(10-3-4-22-8-10)13-5-11(15(18)21-2)12(17(19)20)6-14(13)23-9/h5-6,9-10H,3-4,7-8H2,1-2H3.